The first-order valence-electron chi connectivity index (χ1n) is 4.66. The first-order valence-corrected chi connectivity index (χ1v) is 5.89. The highest BCUT2D eigenvalue weighted by Crippen LogP contribution is 2.10. The molecule has 1 aromatic rings. The average Bonchev–Trinajstić information content (AvgIpc) is 2.67. The van der Waals surface area contributed by atoms with Gasteiger partial charge in [0.15, 0.2) is 6.54 Å². The Bertz CT molecular complexity index is 373. The molecule has 2 rings (SSSR count). The van der Waals surface area contributed by atoms with Gasteiger partial charge in [0.2, 0.25) is 6.21 Å². The van der Waals surface area contributed by atoms with Crippen LogP contribution in [0, 0.1) is 0 Å². The van der Waals surface area contributed by atoms with Crippen LogP contribution in [0.4, 0.5) is 0 Å². The molecule has 0 radical (unpaired) electrons. The lowest BCUT2D eigenvalue weighted by atomic mass is 10.2. The summed E-state index contributed by atoms with van der Waals surface area (Å²) in [5, 5.41) is 5.68. The molecule has 0 aromatic heterocycles. The van der Waals surface area contributed by atoms with Crippen molar-refractivity contribution in [2.75, 3.05) is 12.8 Å². The van der Waals surface area contributed by atoms with Gasteiger partial charge in [0, 0.05) is 10.7 Å². The maximum absolute atomic E-state index is 4.46. The minimum Gasteiger partial charge on any atom is -1.00 e. The lowest BCUT2D eigenvalue weighted by molar-refractivity contribution is -0.517. The first kappa shape index (κ1) is 12.7. The van der Waals surface area contributed by atoms with Gasteiger partial charge in [-0.15, -0.1) is 11.8 Å². The van der Waals surface area contributed by atoms with Crippen molar-refractivity contribution >= 4 is 23.0 Å². The number of thioether (sulfide) groups is 1. The van der Waals surface area contributed by atoms with Gasteiger partial charge >= 0.3 is 0 Å². The fraction of sp³-hybridized carbons (Fsp3) is 0.273. The molecule has 1 aliphatic rings. The highest BCUT2D eigenvalue weighted by molar-refractivity contribution is 8.13. The molecule has 0 bridgehead atoms. The molecular formula is C11H13IN2S. The molecule has 80 valence electrons. The largest absolute Gasteiger partial charge is 1.00 e. The van der Waals surface area contributed by atoms with Crippen molar-refractivity contribution in [3.8, 4) is 0 Å². The average molecular weight is 332 g/mol. The van der Waals surface area contributed by atoms with Crippen molar-refractivity contribution in [3.05, 3.63) is 35.9 Å². The number of rotatable bonds is 1. The third kappa shape index (κ3) is 3.61. The van der Waals surface area contributed by atoms with E-state index in [9.17, 15) is 0 Å². The molecule has 4 heteroatoms. The third-order valence-corrected chi connectivity index (χ3v) is 2.89. The van der Waals surface area contributed by atoms with Crippen LogP contribution < -0.4 is 24.0 Å². The van der Waals surface area contributed by atoms with Crippen LogP contribution in [0.5, 0.6) is 0 Å². The summed E-state index contributed by atoms with van der Waals surface area (Å²) in [5.41, 5.74) is 1.21. The number of hydrogen-bond donors (Lipinski definition) is 0. The van der Waals surface area contributed by atoms with E-state index in [1.165, 1.54) is 10.6 Å². The highest BCUT2D eigenvalue weighted by atomic mass is 127. The lowest BCUT2D eigenvalue weighted by Crippen LogP contribution is -3.00. The van der Waals surface area contributed by atoms with Gasteiger partial charge in [-0.1, -0.05) is 22.9 Å². The van der Waals surface area contributed by atoms with Gasteiger partial charge in [-0.3, -0.25) is 0 Å². The molecule has 0 aliphatic carbocycles. The summed E-state index contributed by atoms with van der Waals surface area (Å²) in [6.45, 7) is 1.01. The Morgan fingerprint density at radius 3 is 2.67 bits per heavy atom. The van der Waals surface area contributed by atoms with Crippen molar-refractivity contribution in [1.82, 2.24) is 0 Å². The van der Waals surface area contributed by atoms with E-state index >= 15 is 0 Å². The molecule has 0 saturated heterocycles. The van der Waals surface area contributed by atoms with E-state index in [0.29, 0.717) is 0 Å². The summed E-state index contributed by atoms with van der Waals surface area (Å²) in [5.74, 6) is 0. The fourth-order valence-corrected chi connectivity index (χ4v) is 1.88. The van der Waals surface area contributed by atoms with Crippen LogP contribution in [0.2, 0.25) is 0 Å². The summed E-state index contributed by atoms with van der Waals surface area (Å²) in [6.07, 6.45) is 5.23. The Labute approximate surface area is 111 Å². The zero-order valence-electron chi connectivity index (χ0n) is 8.56. The van der Waals surface area contributed by atoms with Gasteiger partial charge in [0.05, 0.1) is 6.42 Å². The van der Waals surface area contributed by atoms with Gasteiger partial charge in [0.25, 0.3) is 0 Å². The Morgan fingerprint density at radius 1 is 1.33 bits per heavy atom. The van der Waals surface area contributed by atoms with E-state index in [-0.39, 0.29) is 24.0 Å². The smallest absolute Gasteiger partial charge is 0.203 e. The number of halogens is 1. The molecular weight excluding hydrogens is 319 g/mol. The van der Waals surface area contributed by atoms with E-state index in [1.54, 1.807) is 11.8 Å². The molecule has 0 N–H and O–H groups in total. The van der Waals surface area contributed by atoms with Crippen LogP contribution in [-0.2, 0) is 0 Å². The lowest BCUT2D eigenvalue weighted by Gasteiger charge is -1.87. The predicted molar refractivity (Wildman–Crippen MR) is 62.3 cm³/mol. The second-order valence-corrected chi connectivity index (χ2v) is 4.03. The second kappa shape index (κ2) is 6.27. The van der Waals surface area contributed by atoms with Gasteiger partial charge < -0.3 is 24.0 Å². The van der Waals surface area contributed by atoms with Crippen molar-refractivity contribution in [2.24, 2.45) is 5.10 Å². The second-order valence-electron chi connectivity index (χ2n) is 3.15. The normalized spacial score (nSPS) is 17.4. The maximum atomic E-state index is 4.46. The molecule has 1 heterocycles. The van der Waals surface area contributed by atoms with Crippen LogP contribution in [0.25, 0.3) is 0 Å². The molecule has 0 unspecified atom stereocenters. The molecule has 0 amide bonds. The summed E-state index contributed by atoms with van der Waals surface area (Å²) in [7, 11) is 0. The van der Waals surface area contributed by atoms with E-state index in [2.05, 4.69) is 29.7 Å². The summed E-state index contributed by atoms with van der Waals surface area (Å²) in [6, 6.07) is 10.3. The Balaban J connectivity index is 0.00000112. The predicted octanol–water partition coefficient (Wildman–Crippen LogP) is -0.798. The van der Waals surface area contributed by atoms with Crippen LogP contribution in [-0.4, -0.2) is 28.7 Å². The zero-order chi connectivity index (χ0) is 9.80. The topological polar surface area (TPSA) is 15.4 Å². The van der Waals surface area contributed by atoms with Gasteiger partial charge in [0.1, 0.15) is 5.04 Å². The molecule has 1 aliphatic heterocycles. The van der Waals surface area contributed by atoms with Gasteiger partial charge in [-0.2, -0.15) is 0 Å². The summed E-state index contributed by atoms with van der Waals surface area (Å²) >= 11 is 1.74. The number of nitrogens with zero attached hydrogens (tertiary/aromatic N) is 2. The maximum Gasteiger partial charge on any atom is 0.203 e. The number of hydrazone groups is 1. The Kier molecular flexibility index (Phi) is 5.31. The highest BCUT2D eigenvalue weighted by Gasteiger charge is 2.16. The first-order chi connectivity index (χ1) is 6.88. The van der Waals surface area contributed by atoms with E-state index < -0.39 is 0 Å². The number of benzene rings is 1. The van der Waals surface area contributed by atoms with Crippen LogP contribution in [0.1, 0.15) is 12.0 Å². The molecule has 0 atom stereocenters. The summed E-state index contributed by atoms with van der Waals surface area (Å²) in [4.78, 5) is 0. The zero-order valence-corrected chi connectivity index (χ0v) is 11.5. The van der Waals surface area contributed by atoms with Crippen molar-refractivity contribution < 1.29 is 28.7 Å². The van der Waals surface area contributed by atoms with Crippen molar-refractivity contribution in [1.29, 1.82) is 0 Å². The van der Waals surface area contributed by atoms with Crippen LogP contribution >= 0.6 is 11.8 Å². The summed E-state index contributed by atoms with van der Waals surface area (Å²) < 4.78 is 2.02. The van der Waals surface area contributed by atoms with E-state index in [0.717, 1.165) is 13.0 Å². The van der Waals surface area contributed by atoms with E-state index in [1.807, 2.05) is 22.9 Å². The standard InChI is InChI=1S/C11H13N2S.HI/c1-14-11-7-8-13(12-11)9-10-5-3-2-4-6-10;/h2-6,9H,7-8H2,1H3;1H/q+1;/p-1/b13-9+;. The minimum atomic E-state index is 0. The molecule has 0 spiro atoms. The van der Waals surface area contributed by atoms with Crippen molar-refractivity contribution in [2.45, 2.75) is 6.42 Å². The number of hydrogen-bond acceptors (Lipinski definition) is 2. The van der Waals surface area contributed by atoms with Crippen LogP contribution in [0.3, 0.4) is 0 Å². The van der Waals surface area contributed by atoms with Crippen molar-refractivity contribution in [3.63, 3.8) is 0 Å². The fourth-order valence-electron chi connectivity index (χ4n) is 1.40. The molecule has 2 nitrogen and oxygen atoms in total. The monoisotopic (exact) mass is 332 g/mol. The van der Waals surface area contributed by atoms with Crippen LogP contribution in [0.15, 0.2) is 35.4 Å². The molecule has 0 saturated carbocycles. The van der Waals surface area contributed by atoms with E-state index in [4.69, 9.17) is 0 Å². The quantitative estimate of drug-likeness (QED) is 0.486. The van der Waals surface area contributed by atoms with Gasteiger partial charge in [-0.25, -0.2) is 0 Å². The minimum absolute atomic E-state index is 0. The molecule has 0 fully saturated rings. The molecule has 1 aromatic carbocycles. The van der Waals surface area contributed by atoms with Gasteiger partial charge in [-0.05, 0) is 18.4 Å². The Hall–Kier alpha value is -0.360. The Morgan fingerprint density at radius 2 is 2.07 bits per heavy atom. The molecule has 15 heavy (non-hydrogen) atoms. The SMILES string of the molecule is CSC1=N/[N+](=C/c2ccccc2)CC1.[I-]. The third-order valence-electron chi connectivity index (χ3n) is 2.13.